The van der Waals surface area contributed by atoms with Gasteiger partial charge in [-0.3, -0.25) is 18.7 Å². The van der Waals surface area contributed by atoms with Gasteiger partial charge in [-0.05, 0) is 31.0 Å². The summed E-state index contributed by atoms with van der Waals surface area (Å²) in [4.78, 5) is 49.6. The molecule has 1 N–H and O–H groups in total. The van der Waals surface area contributed by atoms with Gasteiger partial charge in [0.05, 0.1) is 19.1 Å². The molecule has 2 aromatic heterocycles. The number of hydrogen-bond acceptors (Lipinski definition) is 7. The van der Waals surface area contributed by atoms with Crippen molar-refractivity contribution in [3.63, 3.8) is 0 Å². The highest BCUT2D eigenvalue weighted by atomic mass is 32.1. The Morgan fingerprint density at radius 1 is 1.17 bits per heavy atom. The van der Waals surface area contributed by atoms with E-state index in [1.54, 1.807) is 13.0 Å². The number of para-hydroxylation sites is 1. The number of aliphatic carboxylic acids is 1. The number of aromatic nitrogens is 2. The minimum atomic E-state index is -1.24. The number of thiophene rings is 1. The van der Waals surface area contributed by atoms with Crippen molar-refractivity contribution in [2.75, 3.05) is 13.7 Å². The van der Waals surface area contributed by atoms with Crippen molar-refractivity contribution >= 4 is 33.5 Å². The Balaban J connectivity index is 2.12. The van der Waals surface area contributed by atoms with Crippen LogP contribution in [0.4, 0.5) is 0 Å². The fourth-order valence-corrected chi connectivity index (χ4v) is 4.15. The monoisotopic (exact) mass is 432 g/mol. The van der Waals surface area contributed by atoms with Gasteiger partial charge in [-0.25, -0.2) is 9.59 Å². The molecule has 0 saturated carbocycles. The Morgan fingerprint density at radius 3 is 2.57 bits per heavy atom. The first kappa shape index (κ1) is 21.3. The number of aryl methyl sites for hydroxylation is 1. The normalized spacial score (nSPS) is 10.9. The molecule has 3 rings (SSSR count). The maximum Gasteiger partial charge on any atom is 0.348 e. The van der Waals surface area contributed by atoms with Gasteiger partial charge in [0, 0.05) is 6.54 Å². The van der Waals surface area contributed by atoms with Gasteiger partial charge in [0.2, 0.25) is 0 Å². The molecule has 0 aliphatic heterocycles. The molecule has 0 spiro atoms. The molecule has 1 aromatic carbocycles. The summed E-state index contributed by atoms with van der Waals surface area (Å²) in [5.41, 5.74) is -0.533. The highest BCUT2D eigenvalue weighted by Crippen LogP contribution is 2.23. The van der Waals surface area contributed by atoms with Crippen molar-refractivity contribution in [3.05, 3.63) is 61.6 Å². The molecular formula is C20H20N2O7S. The van der Waals surface area contributed by atoms with E-state index >= 15 is 0 Å². The van der Waals surface area contributed by atoms with Gasteiger partial charge in [-0.2, -0.15) is 0 Å². The molecule has 158 valence electrons. The Hall–Kier alpha value is -3.40. The molecule has 0 bridgehead atoms. The fraction of sp³-hybridized carbons (Fsp3) is 0.300. The number of nitrogens with zero attached hydrogens (tertiary/aromatic N) is 2. The van der Waals surface area contributed by atoms with Gasteiger partial charge in [0.25, 0.3) is 5.56 Å². The van der Waals surface area contributed by atoms with Gasteiger partial charge in [-0.1, -0.05) is 18.2 Å². The van der Waals surface area contributed by atoms with Crippen LogP contribution in [0.3, 0.4) is 0 Å². The van der Waals surface area contributed by atoms with E-state index in [-0.39, 0.29) is 28.2 Å². The Bertz CT molecular complexity index is 1220. The number of methoxy groups -OCH3 is 1. The molecule has 30 heavy (non-hydrogen) atoms. The van der Waals surface area contributed by atoms with Crippen LogP contribution in [-0.2, 0) is 29.0 Å². The third kappa shape index (κ3) is 4.13. The van der Waals surface area contributed by atoms with Crippen LogP contribution in [0.1, 0.15) is 22.2 Å². The topological polar surface area (TPSA) is 117 Å². The van der Waals surface area contributed by atoms with Crippen molar-refractivity contribution in [1.82, 2.24) is 9.13 Å². The Morgan fingerprint density at radius 2 is 1.90 bits per heavy atom. The lowest BCUT2D eigenvalue weighted by Gasteiger charge is -2.12. The lowest BCUT2D eigenvalue weighted by Crippen LogP contribution is -2.41. The summed E-state index contributed by atoms with van der Waals surface area (Å²) in [5, 5.41) is 9.34. The summed E-state index contributed by atoms with van der Waals surface area (Å²) in [7, 11) is 1.53. The second-order valence-corrected chi connectivity index (χ2v) is 7.36. The zero-order chi connectivity index (χ0) is 21.8. The van der Waals surface area contributed by atoms with E-state index in [2.05, 4.69) is 0 Å². The molecule has 0 unspecified atom stereocenters. The summed E-state index contributed by atoms with van der Waals surface area (Å²) in [5.74, 6) is -1.25. The van der Waals surface area contributed by atoms with Crippen LogP contribution in [0.2, 0.25) is 0 Å². The van der Waals surface area contributed by atoms with Gasteiger partial charge in [0.15, 0.2) is 0 Å². The summed E-state index contributed by atoms with van der Waals surface area (Å²) in [6.45, 7) is 1.19. The van der Waals surface area contributed by atoms with Crippen LogP contribution >= 0.6 is 11.3 Å². The summed E-state index contributed by atoms with van der Waals surface area (Å²) in [6, 6.07) is 8.56. The first-order valence-electron chi connectivity index (χ1n) is 9.15. The first-order chi connectivity index (χ1) is 14.4. The van der Waals surface area contributed by atoms with Crippen LogP contribution in [0.15, 0.2) is 39.9 Å². The standard InChI is InChI=1S/C20H20N2O7S/c1-3-29-19(26)15-10-13-17(25)21(9-8-12-6-4-5-7-14(12)28-2)20(27)22(11-16(23)24)18(13)30-15/h4-7,10H,3,8-9,11H2,1-2H3,(H,23,24). The lowest BCUT2D eigenvalue weighted by molar-refractivity contribution is -0.137. The first-order valence-corrected chi connectivity index (χ1v) is 9.97. The number of carboxylic acids is 1. The number of rotatable bonds is 8. The molecule has 9 nitrogen and oxygen atoms in total. The molecule has 0 fully saturated rings. The van der Waals surface area contributed by atoms with Crippen molar-refractivity contribution < 1.29 is 24.2 Å². The molecule has 0 amide bonds. The van der Waals surface area contributed by atoms with Crippen molar-refractivity contribution in [1.29, 1.82) is 0 Å². The van der Waals surface area contributed by atoms with Crippen LogP contribution in [-0.4, -0.2) is 39.9 Å². The number of esters is 1. The van der Waals surface area contributed by atoms with Gasteiger partial charge in [0.1, 0.15) is 22.0 Å². The minimum absolute atomic E-state index is 0.0260. The second kappa shape index (κ2) is 8.95. The molecular weight excluding hydrogens is 412 g/mol. The van der Waals surface area contributed by atoms with Gasteiger partial charge in [-0.15, -0.1) is 11.3 Å². The fourth-order valence-electron chi connectivity index (χ4n) is 3.12. The van der Waals surface area contributed by atoms with Crippen molar-refractivity contribution in [3.8, 4) is 5.75 Å². The van der Waals surface area contributed by atoms with Crippen LogP contribution < -0.4 is 16.0 Å². The number of hydrogen-bond donors (Lipinski definition) is 1. The van der Waals surface area contributed by atoms with E-state index in [1.807, 2.05) is 18.2 Å². The van der Waals surface area contributed by atoms with Crippen molar-refractivity contribution in [2.45, 2.75) is 26.4 Å². The molecule has 0 atom stereocenters. The van der Waals surface area contributed by atoms with E-state index in [1.165, 1.54) is 13.2 Å². The highest BCUT2D eigenvalue weighted by Gasteiger charge is 2.21. The average Bonchev–Trinajstić information content (AvgIpc) is 3.17. The number of carboxylic acid groups (broad SMARTS) is 1. The average molecular weight is 432 g/mol. The third-order valence-electron chi connectivity index (χ3n) is 4.46. The minimum Gasteiger partial charge on any atom is -0.496 e. The third-order valence-corrected chi connectivity index (χ3v) is 5.60. The Labute approximate surface area is 174 Å². The summed E-state index contributed by atoms with van der Waals surface area (Å²) >= 11 is 0.863. The smallest absolute Gasteiger partial charge is 0.348 e. The number of carbonyl (C=O) groups is 2. The quantitative estimate of drug-likeness (QED) is 0.539. The molecule has 0 saturated heterocycles. The molecule has 0 aliphatic rings. The highest BCUT2D eigenvalue weighted by molar-refractivity contribution is 7.20. The van der Waals surface area contributed by atoms with Crippen LogP contribution in [0, 0.1) is 0 Å². The van der Waals surface area contributed by atoms with E-state index in [9.17, 15) is 24.3 Å². The summed E-state index contributed by atoms with van der Waals surface area (Å²) < 4.78 is 12.2. The molecule has 3 aromatic rings. The summed E-state index contributed by atoms with van der Waals surface area (Å²) in [6.07, 6.45) is 0.326. The maximum absolute atomic E-state index is 13.0. The zero-order valence-corrected chi connectivity index (χ0v) is 17.2. The van der Waals surface area contributed by atoms with E-state index in [4.69, 9.17) is 9.47 Å². The van der Waals surface area contributed by atoms with Gasteiger partial charge < -0.3 is 14.6 Å². The molecule has 0 aliphatic carbocycles. The van der Waals surface area contributed by atoms with Crippen LogP contribution in [0.5, 0.6) is 5.75 Å². The molecule has 10 heteroatoms. The largest absolute Gasteiger partial charge is 0.496 e. The number of benzene rings is 1. The van der Waals surface area contributed by atoms with E-state index in [0.717, 1.165) is 26.0 Å². The Kier molecular flexibility index (Phi) is 6.36. The predicted octanol–water partition coefficient (Wildman–Crippen LogP) is 1.74. The predicted molar refractivity (Wildman–Crippen MR) is 111 cm³/mol. The number of carbonyl (C=O) groups excluding carboxylic acids is 1. The molecule has 2 heterocycles. The lowest BCUT2D eigenvalue weighted by atomic mass is 10.1. The second-order valence-electron chi connectivity index (χ2n) is 6.33. The van der Waals surface area contributed by atoms with E-state index < -0.39 is 29.7 Å². The van der Waals surface area contributed by atoms with Crippen molar-refractivity contribution in [2.24, 2.45) is 0 Å². The number of fused-ring (bicyclic) bond motifs is 1. The number of ether oxygens (including phenoxy) is 2. The SMILES string of the molecule is CCOC(=O)c1cc2c(=O)n(CCc3ccccc3OC)c(=O)n(CC(=O)O)c2s1. The van der Waals surface area contributed by atoms with Gasteiger partial charge >= 0.3 is 17.6 Å². The van der Waals surface area contributed by atoms with E-state index in [0.29, 0.717) is 12.2 Å². The maximum atomic E-state index is 13.0. The zero-order valence-electron chi connectivity index (χ0n) is 16.4. The molecule has 0 radical (unpaired) electrons. The van der Waals surface area contributed by atoms with Crippen LogP contribution in [0.25, 0.3) is 10.2 Å².